The van der Waals surface area contributed by atoms with Crippen molar-refractivity contribution in [3.05, 3.63) is 0 Å². The van der Waals surface area contributed by atoms with Gasteiger partial charge in [0.2, 0.25) is 5.92 Å². The number of halogens is 2. The lowest BCUT2D eigenvalue weighted by molar-refractivity contribution is -0.0750. The smallest absolute Gasteiger partial charge is 0.248 e. The third kappa shape index (κ3) is 4.10. The first-order chi connectivity index (χ1) is 9.41. The number of rotatable bonds is 4. The lowest BCUT2D eigenvalue weighted by Crippen LogP contribution is -2.54. The van der Waals surface area contributed by atoms with E-state index >= 15 is 0 Å². The topological polar surface area (TPSA) is 63.9 Å². The van der Waals surface area contributed by atoms with Gasteiger partial charge in [-0.25, -0.2) is 8.78 Å². The fourth-order valence-electron chi connectivity index (χ4n) is 3.30. The molecule has 2 aliphatic rings. The standard InChI is InChI=1S/C14H25F2NO3/c15-14(16)4-1-10(2-5-14)3-6-17-8-13(20)12(19)7-11(17)9-18/h10-13,18-20H,1-9H2/t11-,12?,13+/m1/s1. The van der Waals surface area contributed by atoms with Gasteiger partial charge in [-0.1, -0.05) is 0 Å². The molecule has 0 aromatic rings. The highest BCUT2D eigenvalue weighted by Crippen LogP contribution is 2.37. The molecular weight excluding hydrogens is 268 g/mol. The lowest BCUT2D eigenvalue weighted by Gasteiger charge is -2.40. The molecule has 1 aliphatic carbocycles. The summed E-state index contributed by atoms with van der Waals surface area (Å²) in [6.45, 7) is 0.979. The normalized spacial score (nSPS) is 36.1. The molecule has 1 aliphatic heterocycles. The van der Waals surface area contributed by atoms with Crippen LogP contribution in [0.1, 0.15) is 38.5 Å². The molecule has 118 valence electrons. The zero-order valence-electron chi connectivity index (χ0n) is 11.7. The minimum atomic E-state index is -2.49. The van der Waals surface area contributed by atoms with Crippen LogP contribution in [0.5, 0.6) is 0 Å². The van der Waals surface area contributed by atoms with E-state index in [1.54, 1.807) is 0 Å². The second-order valence-electron chi connectivity index (χ2n) is 6.29. The summed E-state index contributed by atoms with van der Waals surface area (Å²) in [5.41, 5.74) is 0. The molecule has 0 amide bonds. The third-order valence-electron chi connectivity index (χ3n) is 4.77. The predicted molar refractivity (Wildman–Crippen MR) is 70.6 cm³/mol. The maximum absolute atomic E-state index is 13.1. The van der Waals surface area contributed by atoms with Gasteiger partial charge in [-0.05, 0) is 38.1 Å². The van der Waals surface area contributed by atoms with Crippen LogP contribution in [-0.4, -0.2) is 64.1 Å². The number of aliphatic hydroxyl groups excluding tert-OH is 3. The molecule has 2 fully saturated rings. The quantitative estimate of drug-likeness (QED) is 0.723. The number of likely N-dealkylation sites (tertiary alicyclic amines) is 1. The minimum Gasteiger partial charge on any atom is -0.395 e. The van der Waals surface area contributed by atoms with Crippen molar-refractivity contribution < 1.29 is 24.1 Å². The monoisotopic (exact) mass is 293 g/mol. The van der Waals surface area contributed by atoms with Gasteiger partial charge in [-0.3, -0.25) is 4.90 Å². The molecule has 1 saturated heterocycles. The molecule has 0 aromatic heterocycles. The van der Waals surface area contributed by atoms with E-state index in [1.165, 1.54) is 0 Å². The second kappa shape index (κ2) is 6.64. The van der Waals surface area contributed by atoms with E-state index in [-0.39, 0.29) is 25.5 Å². The Labute approximate surface area is 118 Å². The van der Waals surface area contributed by atoms with Crippen molar-refractivity contribution in [1.29, 1.82) is 0 Å². The molecule has 0 aromatic carbocycles. The highest BCUT2D eigenvalue weighted by atomic mass is 19.3. The molecule has 6 heteroatoms. The van der Waals surface area contributed by atoms with Crippen molar-refractivity contribution in [2.45, 2.75) is 62.7 Å². The summed E-state index contributed by atoms with van der Waals surface area (Å²) < 4.78 is 26.2. The Morgan fingerprint density at radius 3 is 2.35 bits per heavy atom. The van der Waals surface area contributed by atoms with Crippen molar-refractivity contribution >= 4 is 0 Å². The predicted octanol–water partition coefficient (Wildman–Crippen LogP) is 0.990. The molecule has 2 rings (SSSR count). The van der Waals surface area contributed by atoms with Gasteiger partial charge in [0.15, 0.2) is 0 Å². The highest BCUT2D eigenvalue weighted by molar-refractivity contribution is 4.87. The third-order valence-corrected chi connectivity index (χ3v) is 4.77. The summed E-state index contributed by atoms with van der Waals surface area (Å²) in [7, 11) is 0. The molecule has 3 N–H and O–H groups in total. The number of hydrogen-bond donors (Lipinski definition) is 3. The number of piperidine rings is 1. The fourth-order valence-corrected chi connectivity index (χ4v) is 3.30. The fraction of sp³-hybridized carbons (Fsp3) is 1.00. The molecule has 1 heterocycles. The minimum absolute atomic E-state index is 0.0254. The number of hydrogen-bond acceptors (Lipinski definition) is 4. The van der Waals surface area contributed by atoms with Crippen LogP contribution in [0.4, 0.5) is 8.78 Å². The van der Waals surface area contributed by atoms with Gasteiger partial charge < -0.3 is 15.3 Å². The maximum Gasteiger partial charge on any atom is 0.248 e. The Morgan fingerprint density at radius 2 is 1.75 bits per heavy atom. The van der Waals surface area contributed by atoms with Crippen LogP contribution in [0.25, 0.3) is 0 Å². The van der Waals surface area contributed by atoms with E-state index < -0.39 is 18.1 Å². The number of aliphatic hydroxyl groups is 3. The summed E-state index contributed by atoms with van der Waals surface area (Å²) in [6.07, 6.45) is 0.664. The largest absolute Gasteiger partial charge is 0.395 e. The SMILES string of the molecule is OC[C@H]1CC(O)[C@@H](O)CN1CCC1CCC(F)(F)CC1. The van der Waals surface area contributed by atoms with E-state index in [2.05, 4.69) is 0 Å². The Bertz CT molecular complexity index is 307. The maximum atomic E-state index is 13.1. The summed E-state index contributed by atoms with van der Waals surface area (Å²) in [4.78, 5) is 1.98. The summed E-state index contributed by atoms with van der Waals surface area (Å²) >= 11 is 0. The Hall–Kier alpha value is -0.300. The van der Waals surface area contributed by atoms with E-state index in [0.29, 0.717) is 38.3 Å². The first-order valence-electron chi connectivity index (χ1n) is 7.50. The molecule has 1 saturated carbocycles. The van der Waals surface area contributed by atoms with Gasteiger partial charge in [-0.2, -0.15) is 0 Å². The van der Waals surface area contributed by atoms with Gasteiger partial charge >= 0.3 is 0 Å². The van der Waals surface area contributed by atoms with Crippen LogP contribution in [0.3, 0.4) is 0 Å². The summed E-state index contributed by atoms with van der Waals surface area (Å²) in [6, 6.07) is -0.140. The van der Waals surface area contributed by atoms with E-state index in [9.17, 15) is 24.1 Å². The number of alkyl halides is 2. The van der Waals surface area contributed by atoms with Gasteiger partial charge in [0, 0.05) is 25.4 Å². The van der Waals surface area contributed by atoms with Gasteiger partial charge in [-0.15, -0.1) is 0 Å². The first-order valence-corrected chi connectivity index (χ1v) is 7.50. The van der Waals surface area contributed by atoms with Crippen molar-refractivity contribution in [3.63, 3.8) is 0 Å². The van der Waals surface area contributed by atoms with Gasteiger partial charge in [0.05, 0.1) is 18.8 Å². The Balaban J connectivity index is 1.78. The van der Waals surface area contributed by atoms with Crippen molar-refractivity contribution in [2.24, 2.45) is 5.92 Å². The van der Waals surface area contributed by atoms with Crippen LogP contribution < -0.4 is 0 Å². The molecule has 0 bridgehead atoms. The zero-order valence-corrected chi connectivity index (χ0v) is 11.7. The Kier molecular flexibility index (Phi) is 5.34. The molecule has 4 nitrogen and oxygen atoms in total. The first kappa shape index (κ1) is 16.1. The molecular formula is C14H25F2NO3. The molecule has 0 spiro atoms. The van der Waals surface area contributed by atoms with Crippen LogP contribution in [0.15, 0.2) is 0 Å². The van der Waals surface area contributed by atoms with Crippen molar-refractivity contribution in [1.82, 2.24) is 4.90 Å². The average Bonchev–Trinajstić information content (AvgIpc) is 2.41. The number of β-amino-alcohol motifs (C(OH)–C–C–N with tert-alkyl or cyclic N) is 1. The van der Waals surface area contributed by atoms with E-state index in [4.69, 9.17) is 0 Å². The molecule has 1 unspecified atom stereocenters. The molecule has 20 heavy (non-hydrogen) atoms. The summed E-state index contributed by atoms with van der Waals surface area (Å²) in [5.74, 6) is -2.19. The van der Waals surface area contributed by atoms with Crippen molar-refractivity contribution in [2.75, 3.05) is 19.7 Å². The molecule has 0 radical (unpaired) electrons. The van der Waals surface area contributed by atoms with Gasteiger partial charge in [0.1, 0.15) is 0 Å². The average molecular weight is 293 g/mol. The summed E-state index contributed by atoms with van der Waals surface area (Å²) in [5, 5.41) is 28.6. The highest BCUT2D eigenvalue weighted by Gasteiger charge is 2.36. The van der Waals surface area contributed by atoms with Crippen LogP contribution >= 0.6 is 0 Å². The van der Waals surface area contributed by atoms with E-state index in [1.807, 2.05) is 4.90 Å². The van der Waals surface area contributed by atoms with Crippen LogP contribution in [0.2, 0.25) is 0 Å². The number of nitrogens with zero attached hydrogens (tertiary/aromatic N) is 1. The molecule has 3 atom stereocenters. The van der Waals surface area contributed by atoms with Crippen LogP contribution in [-0.2, 0) is 0 Å². The second-order valence-corrected chi connectivity index (χ2v) is 6.29. The van der Waals surface area contributed by atoms with E-state index in [0.717, 1.165) is 6.42 Å². The zero-order chi connectivity index (χ0) is 14.8. The van der Waals surface area contributed by atoms with Crippen LogP contribution in [0, 0.1) is 5.92 Å². The van der Waals surface area contributed by atoms with Crippen molar-refractivity contribution in [3.8, 4) is 0 Å². The Morgan fingerprint density at radius 1 is 1.10 bits per heavy atom. The van der Waals surface area contributed by atoms with Gasteiger partial charge in [0.25, 0.3) is 0 Å². The lowest BCUT2D eigenvalue weighted by atomic mass is 9.84.